The fraction of sp³-hybridized carbons (Fsp3) is 0.938. The summed E-state index contributed by atoms with van der Waals surface area (Å²) >= 11 is 0. The number of hydrogen-bond donors (Lipinski definition) is 2. The number of guanidine groups is 1. The Balaban J connectivity index is 0.00000400. The molecule has 0 aliphatic carbocycles. The van der Waals surface area contributed by atoms with Crippen LogP contribution in [0.3, 0.4) is 0 Å². The molecule has 3 N–H and O–H groups in total. The van der Waals surface area contributed by atoms with E-state index in [0.717, 1.165) is 44.3 Å². The quantitative estimate of drug-likeness (QED) is 0.294. The molecule has 2 atom stereocenters. The first-order valence-electron chi connectivity index (χ1n) is 8.23. The largest absolute Gasteiger partial charge is 0.370 e. The first-order chi connectivity index (χ1) is 9.47. The van der Waals surface area contributed by atoms with E-state index < -0.39 is 0 Å². The van der Waals surface area contributed by atoms with Gasteiger partial charge in [0.1, 0.15) is 0 Å². The molecule has 1 heterocycles. The zero-order valence-electron chi connectivity index (χ0n) is 14.3. The second kappa shape index (κ2) is 11.5. The van der Waals surface area contributed by atoms with E-state index >= 15 is 0 Å². The summed E-state index contributed by atoms with van der Waals surface area (Å²) in [6, 6.07) is 0. The molecular weight excluding hydrogens is 375 g/mol. The molecule has 4 nitrogen and oxygen atoms in total. The summed E-state index contributed by atoms with van der Waals surface area (Å²) in [5, 5.41) is 3.18. The number of aliphatic imine (C=N–C) groups is 1. The lowest BCUT2D eigenvalue weighted by Crippen LogP contribution is -2.39. The van der Waals surface area contributed by atoms with Crippen molar-refractivity contribution < 1.29 is 0 Å². The van der Waals surface area contributed by atoms with Gasteiger partial charge in [0, 0.05) is 26.2 Å². The number of nitrogens with zero attached hydrogens (tertiary/aromatic N) is 2. The highest BCUT2D eigenvalue weighted by Crippen LogP contribution is 2.20. The Labute approximate surface area is 148 Å². The zero-order valence-corrected chi connectivity index (χ0v) is 16.6. The predicted molar refractivity (Wildman–Crippen MR) is 103 cm³/mol. The third kappa shape index (κ3) is 10.3. The van der Waals surface area contributed by atoms with Crippen molar-refractivity contribution in [2.45, 2.75) is 47.0 Å². The minimum Gasteiger partial charge on any atom is -0.370 e. The van der Waals surface area contributed by atoms with E-state index in [9.17, 15) is 0 Å². The smallest absolute Gasteiger partial charge is 0.188 e. The lowest BCUT2D eigenvalue weighted by atomic mass is 9.92. The molecule has 1 aliphatic heterocycles. The Hall–Kier alpha value is -0.0400. The summed E-state index contributed by atoms with van der Waals surface area (Å²) in [5.41, 5.74) is 5.85. The van der Waals surface area contributed by atoms with Crippen molar-refractivity contribution in [1.29, 1.82) is 0 Å². The Bertz CT molecular complexity index is 284. The molecule has 1 saturated heterocycles. The van der Waals surface area contributed by atoms with Crippen LogP contribution in [0.1, 0.15) is 47.0 Å². The summed E-state index contributed by atoms with van der Waals surface area (Å²) in [5.74, 6) is 2.99. The van der Waals surface area contributed by atoms with Gasteiger partial charge in [-0.15, -0.1) is 24.0 Å². The number of likely N-dealkylation sites (tertiary alicyclic amines) is 1. The van der Waals surface area contributed by atoms with Gasteiger partial charge in [-0.05, 0) is 43.6 Å². The molecule has 0 amide bonds. The van der Waals surface area contributed by atoms with Gasteiger partial charge in [-0.2, -0.15) is 0 Å². The van der Waals surface area contributed by atoms with Crippen molar-refractivity contribution in [2.24, 2.45) is 28.5 Å². The van der Waals surface area contributed by atoms with Crippen LogP contribution >= 0.6 is 24.0 Å². The van der Waals surface area contributed by atoms with Gasteiger partial charge >= 0.3 is 0 Å². The van der Waals surface area contributed by atoms with Crippen molar-refractivity contribution in [2.75, 3.05) is 32.7 Å². The number of hydrogen-bond acceptors (Lipinski definition) is 2. The Morgan fingerprint density at radius 1 is 1.29 bits per heavy atom. The van der Waals surface area contributed by atoms with Gasteiger partial charge in [0.25, 0.3) is 0 Å². The molecule has 2 unspecified atom stereocenters. The number of halogens is 1. The second-order valence-electron chi connectivity index (χ2n) is 6.94. The van der Waals surface area contributed by atoms with Crippen molar-refractivity contribution in [1.82, 2.24) is 10.2 Å². The standard InChI is InChI=1S/C16H34N4.HI/c1-13(2)6-8-19-16(17)18-7-5-9-20-11-14(3)10-15(4)12-20;/h13-15H,5-12H2,1-4H3,(H3,17,18,19);1H. The van der Waals surface area contributed by atoms with E-state index in [-0.39, 0.29) is 24.0 Å². The highest BCUT2D eigenvalue weighted by Gasteiger charge is 2.20. The molecule has 0 radical (unpaired) electrons. The molecule has 0 aromatic rings. The molecule has 5 heteroatoms. The maximum atomic E-state index is 5.85. The first kappa shape index (κ1) is 21.0. The number of nitrogens with one attached hydrogen (secondary N) is 1. The van der Waals surface area contributed by atoms with Gasteiger partial charge < -0.3 is 16.0 Å². The predicted octanol–water partition coefficient (Wildman–Crippen LogP) is 2.92. The molecule has 0 aromatic carbocycles. The van der Waals surface area contributed by atoms with E-state index in [1.54, 1.807) is 0 Å². The summed E-state index contributed by atoms with van der Waals surface area (Å²) < 4.78 is 0. The lowest BCUT2D eigenvalue weighted by Gasteiger charge is -2.34. The van der Waals surface area contributed by atoms with Crippen LogP contribution in [0.25, 0.3) is 0 Å². The maximum Gasteiger partial charge on any atom is 0.188 e. The van der Waals surface area contributed by atoms with Crippen LogP contribution in [0.4, 0.5) is 0 Å². The van der Waals surface area contributed by atoms with Crippen molar-refractivity contribution in [3.63, 3.8) is 0 Å². The fourth-order valence-corrected chi connectivity index (χ4v) is 3.01. The third-order valence-corrected chi connectivity index (χ3v) is 3.89. The molecule has 1 rings (SSSR count). The average molecular weight is 410 g/mol. The van der Waals surface area contributed by atoms with Gasteiger partial charge in [-0.1, -0.05) is 27.7 Å². The van der Waals surface area contributed by atoms with E-state index in [0.29, 0.717) is 11.9 Å². The van der Waals surface area contributed by atoms with Gasteiger partial charge in [-0.25, -0.2) is 0 Å². The summed E-state index contributed by atoms with van der Waals surface area (Å²) in [4.78, 5) is 6.98. The van der Waals surface area contributed by atoms with Gasteiger partial charge in [0.2, 0.25) is 0 Å². The zero-order chi connectivity index (χ0) is 15.0. The van der Waals surface area contributed by atoms with Gasteiger partial charge in [-0.3, -0.25) is 4.99 Å². The minimum atomic E-state index is 0. The van der Waals surface area contributed by atoms with Crippen LogP contribution in [-0.4, -0.2) is 43.6 Å². The lowest BCUT2D eigenvalue weighted by molar-refractivity contribution is 0.140. The Morgan fingerprint density at radius 2 is 1.90 bits per heavy atom. The molecule has 0 spiro atoms. The molecule has 1 aliphatic rings. The molecular formula is C16H35IN4. The van der Waals surface area contributed by atoms with E-state index in [2.05, 4.69) is 42.9 Å². The third-order valence-electron chi connectivity index (χ3n) is 3.89. The molecule has 1 fully saturated rings. The Kier molecular flexibility index (Phi) is 11.5. The van der Waals surface area contributed by atoms with Crippen LogP contribution in [0.5, 0.6) is 0 Å². The number of nitrogens with two attached hydrogens (primary N) is 1. The van der Waals surface area contributed by atoms with E-state index in [1.807, 2.05) is 0 Å². The van der Waals surface area contributed by atoms with Crippen LogP contribution < -0.4 is 11.1 Å². The SMILES string of the molecule is CC(C)CCNC(N)=NCCCN1CC(C)CC(C)C1.I. The molecule has 0 saturated carbocycles. The molecule has 21 heavy (non-hydrogen) atoms. The van der Waals surface area contributed by atoms with E-state index in [1.165, 1.54) is 19.5 Å². The van der Waals surface area contributed by atoms with Crippen LogP contribution in [0, 0.1) is 17.8 Å². The van der Waals surface area contributed by atoms with Crippen LogP contribution in [-0.2, 0) is 0 Å². The van der Waals surface area contributed by atoms with Crippen molar-refractivity contribution in [3.05, 3.63) is 0 Å². The van der Waals surface area contributed by atoms with Crippen LogP contribution in [0.2, 0.25) is 0 Å². The maximum absolute atomic E-state index is 5.85. The minimum absolute atomic E-state index is 0. The van der Waals surface area contributed by atoms with E-state index in [4.69, 9.17) is 5.73 Å². The first-order valence-corrected chi connectivity index (χ1v) is 8.23. The van der Waals surface area contributed by atoms with Crippen molar-refractivity contribution in [3.8, 4) is 0 Å². The highest BCUT2D eigenvalue weighted by atomic mass is 127. The summed E-state index contributed by atoms with van der Waals surface area (Å²) in [6.45, 7) is 14.6. The monoisotopic (exact) mass is 410 g/mol. The molecule has 126 valence electrons. The van der Waals surface area contributed by atoms with Gasteiger partial charge in [0.05, 0.1) is 0 Å². The normalized spacial score (nSPS) is 24.0. The fourth-order valence-electron chi connectivity index (χ4n) is 3.01. The average Bonchev–Trinajstić information content (AvgIpc) is 2.33. The molecule has 0 aromatic heterocycles. The van der Waals surface area contributed by atoms with Crippen LogP contribution in [0.15, 0.2) is 4.99 Å². The summed E-state index contributed by atoms with van der Waals surface area (Å²) in [7, 11) is 0. The Morgan fingerprint density at radius 3 is 2.48 bits per heavy atom. The van der Waals surface area contributed by atoms with Gasteiger partial charge in [0.15, 0.2) is 5.96 Å². The highest BCUT2D eigenvalue weighted by molar-refractivity contribution is 14.0. The number of rotatable bonds is 7. The topological polar surface area (TPSA) is 53.6 Å². The van der Waals surface area contributed by atoms with Crippen molar-refractivity contribution >= 4 is 29.9 Å². The second-order valence-corrected chi connectivity index (χ2v) is 6.94. The summed E-state index contributed by atoms with van der Waals surface area (Å²) in [6.07, 6.45) is 3.62. The molecule has 0 bridgehead atoms. The number of piperidine rings is 1.